The summed E-state index contributed by atoms with van der Waals surface area (Å²) in [5, 5.41) is 0. The van der Waals surface area contributed by atoms with Crippen LogP contribution in [0.25, 0.3) is 0 Å². The fraction of sp³-hybridized carbons (Fsp3) is 0.300. The standard InChI is InChI=1S/C20H22N2O5S/c1-15(23)17-3-2-4-19(14-17)28(25,26)21-18-7-5-16(6-8-18)13-20(24)22-9-11-27-12-10-22/h2-8,14,21H,9-13H2,1H3. The lowest BCUT2D eigenvalue weighted by molar-refractivity contribution is -0.134. The first-order valence-corrected chi connectivity index (χ1v) is 10.4. The SMILES string of the molecule is CC(=O)c1cccc(S(=O)(=O)Nc2ccc(CC(=O)N3CCOCC3)cc2)c1. The molecule has 1 amide bonds. The number of hydrogen-bond acceptors (Lipinski definition) is 5. The van der Waals surface area contributed by atoms with Gasteiger partial charge >= 0.3 is 0 Å². The molecule has 1 aliphatic rings. The smallest absolute Gasteiger partial charge is 0.261 e. The number of sulfonamides is 1. The summed E-state index contributed by atoms with van der Waals surface area (Å²) < 4.78 is 32.8. The monoisotopic (exact) mass is 402 g/mol. The third-order valence-electron chi connectivity index (χ3n) is 4.48. The van der Waals surface area contributed by atoms with Gasteiger partial charge in [0.05, 0.1) is 24.5 Å². The number of anilines is 1. The Morgan fingerprint density at radius 1 is 1.07 bits per heavy atom. The molecule has 0 bridgehead atoms. The van der Waals surface area contributed by atoms with Crippen LogP contribution in [0, 0.1) is 0 Å². The molecule has 148 valence electrons. The molecule has 3 rings (SSSR count). The third kappa shape index (κ3) is 4.96. The van der Waals surface area contributed by atoms with Crippen molar-refractivity contribution in [3.05, 3.63) is 59.7 Å². The van der Waals surface area contributed by atoms with Crippen molar-refractivity contribution >= 4 is 27.4 Å². The van der Waals surface area contributed by atoms with Crippen LogP contribution >= 0.6 is 0 Å². The van der Waals surface area contributed by atoms with Crippen LogP contribution in [0.2, 0.25) is 0 Å². The summed E-state index contributed by atoms with van der Waals surface area (Å²) in [4.78, 5) is 25.5. The summed E-state index contributed by atoms with van der Waals surface area (Å²) >= 11 is 0. The number of rotatable bonds is 6. The molecule has 0 radical (unpaired) electrons. The zero-order valence-electron chi connectivity index (χ0n) is 15.6. The lowest BCUT2D eigenvalue weighted by Crippen LogP contribution is -2.41. The van der Waals surface area contributed by atoms with E-state index in [0.717, 1.165) is 5.56 Å². The number of nitrogens with zero attached hydrogens (tertiary/aromatic N) is 1. The molecular formula is C20H22N2O5S. The molecule has 1 saturated heterocycles. The van der Waals surface area contributed by atoms with Gasteiger partial charge in [-0.15, -0.1) is 0 Å². The number of carbonyl (C=O) groups excluding carboxylic acids is 2. The number of hydrogen-bond donors (Lipinski definition) is 1. The molecule has 1 fully saturated rings. The Bertz CT molecular complexity index is 964. The highest BCUT2D eigenvalue weighted by molar-refractivity contribution is 7.92. The van der Waals surface area contributed by atoms with Crippen molar-refractivity contribution in [2.75, 3.05) is 31.0 Å². The van der Waals surface area contributed by atoms with Gasteiger partial charge in [-0.05, 0) is 36.8 Å². The molecular weight excluding hydrogens is 380 g/mol. The average Bonchev–Trinajstić information content (AvgIpc) is 2.70. The molecule has 0 unspecified atom stereocenters. The third-order valence-corrected chi connectivity index (χ3v) is 5.86. The van der Waals surface area contributed by atoms with Crippen LogP contribution in [0.4, 0.5) is 5.69 Å². The molecule has 2 aromatic carbocycles. The average molecular weight is 402 g/mol. The predicted octanol–water partition coefficient (Wildman–Crippen LogP) is 2.09. The van der Waals surface area contributed by atoms with Crippen LogP contribution in [-0.2, 0) is 26.0 Å². The Morgan fingerprint density at radius 2 is 1.75 bits per heavy atom. The topological polar surface area (TPSA) is 92.8 Å². The van der Waals surface area contributed by atoms with Gasteiger partial charge in [0.2, 0.25) is 5.91 Å². The van der Waals surface area contributed by atoms with Crippen molar-refractivity contribution in [3.8, 4) is 0 Å². The van der Waals surface area contributed by atoms with Crippen molar-refractivity contribution in [3.63, 3.8) is 0 Å². The Balaban J connectivity index is 1.67. The van der Waals surface area contributed by atoms with Gasteiger partial charge < -0.3 is 9.64 Å². The van der Waals surface area contributed by atoms with E-state index in [9.17, 15) is 18.0 Å². The van der Waals surface area contributed by atoms with Crippen molar-refractivity contribution in [2.24, 2.45) is 0 Å². The highest BCUT2D eigenvalue weighted by Crippen LogP contribution is 2.18. The van der Waals surface area contributed by atoms with E-state index in [4.69, 9.17) is 4.74 Å². The second kappa shape index (κ2) is 8.53. The van der Waals surface area contributed by atoms with Gasteiger partial charge in [0.25, 0.3) is 10.0 Å². The Kier molecular flexibility index (Phi) is 6.11. The van der Waals surface area contributed by atoms with Crippen LogP contribution in [0.1, 0.15) is 22.8 Å². The maximum Gasteiger partial charge on any atom is 0.261 e. The summed E-state index contributed by atoms with van der Waals surface area (Å²) in [5.74, 6) is -0.177. The van der Waals surface area contributed by atoms with Gasteiger partial charge in [0.1, 0.15) is 0 Å². The van der Waals surface area contributed by atoms with Crippen LogP contribution in [-0.4, -0.2) is 51.3 Å². The minimum atomic E-state index is -3.81. The fourth-order valence-corrected chi connectivity index (χ4v) is 3.99. The van der Waals surface area contributed by atoms with E-state index in [-0.39, 0.29) is 23.0 Å². The van der Waals surface area contributed by atoms with Gasteiger partial charge in [-0.2, -0.15) is 0 Å². The summed E-state index contributed by atoms with van der Waals surface area (Å²) in [6.45, 7) is 3.68. The van der Waals surface area contributed by atoms with Gasteiger partial charge in [0.15, 0.2) is 5.78 Å². The molecule has 0 saturated carbocycles. The molecule has 28 heavy (non-hydrogen) atoms. The Morgan fingerprint density at radius 3 is 2.39 bits per heavy atom. The molecule has 1 heterocycles. The summed E-state index contributed by atoms with van der Waals surface area (Å²) in [5.41, 5.74) is 1.52. The molecule has 0 atom stereocenters. The van der Waals surface area contributed by atoms with Crippen LogP contribution in [0.3, 0.4) is 0 Å². The molecule has 0 aromatic heterocycles. The van der Waals surface area contributed by atoms with Crippen LogP contribution in [0.5, 0.6) is 0 Å². The van der Waals surface area contributed by atoms with Crippen molar-refractivity contribution in [1.29, 1.82) is 0 Å². The molecule has 2 aromatic rings. The number of nitrogens with one attached hydrogen (secondary N) is 1. The number of carbonyl (C=O) groups is 2. The first-order chi connectivity index (χ1) is 13.3. The van der Waals surface area contributed by atoms with E-state index >= 15 is 0 Å². The number of ketones is 1. The molecule has 8 heteroatoms. The summed E-state index contributed by atoms with van der Waals surface area (Å²) in [6.07, 6.45) is 0.258. The van der Waals surface area contributed by atoms with Gasteiger partial charge in [-0.25, -0.2) is 8.42 Å². The second-order valence-electron chi connectivity index (χ2n) is 6.56. The second-order valence-corrected chi connectivity index (χ2v) is 8.24. The highest BCUT2D eigenvalue weighted by atomic mass is 32.2. The maximum atomic E-state index is 12.6. The first kappa shape index (κ1) is 20.0. The molecule has 0 aliphatic carbocycles. The first-order valence-electron chi connectivity index (χ1n) is 8.93. The summed E-state index contributed by atoms with van der Waals surface area (Å²) in [7, 11) is -3.81. The van der Waals surface area contributed by atoms with Crippen LogP contribution < -0.4 is 4.72 Å². The number of benzene rings is 2. The van der Waals surface area contributed by atoms with E-state index in [1.54, 1.807) is 35.2 Å². The van der Waals surface area contributed by atoms with E-state index < -0.39 is 10.0 Å². The minimum Gasteiger partial charge on any atom is -0.378 e. The molecule has 0 spiro atoms. The van der Waals surface area contributed by atoms with E-state index in [1.807, 2.05) is 0 Å². The number of Topliss-reactive ketones (excluding diaryl/α,β-unsaturated/α-hetero) is 1. The number of ether oxygens (including phenoxy) is 1. The Labute approximate surface area is 164 Å². The van der Waals surface area contributed by atoms with Gasteiger partial charge in [0, 0.05) is 24.3 Å². The fourth-order valence-electron chi connectivity index (χ4n) is 2.89. The quantitative estimate of drug-likeness (QED) is 0.747. The lowest BCUT2D eigenvalue weighted by Gasteiger charge is -2.26. The summed E-state index contributed by atoms with van der Waals surface area (Å²) in [6, 6.07) is 12.6. The zero-order valence-corrected chi connectivity index (χ0v) is 16.4. The normalized spacial score (nSPS) is 14.5. The van der Waals surface area contributed by atoms with E-state index in [2.05, 4.69) is 4.72 Å². The van der Waals surface area contributed by atoms with Crippen molar-refractivity contribution in [1.82, 2.24) is 4.90 Å². The number of morpholine rings is 1. The van der Waals surface area contributed by atoms with E-state index in [1.165, 1.54) is 25.1 Å². The van der Waals surface area contributed by atoms with Gasteiger partial charge in [-0.1, -0.05) is 24.3 Å². The molecule has 7 nitrogen and oxygen atoms in total. The van der Waals surface area contributed by atoms with Crippen molar-refractivity contribution in [2.45, 2.75) is 18.2 Å². The molecule has 1 N–H and O–H groups in total. The lowest BCUT2D eigenvalue weighted by atomic mass is 10.1. The minimum absolute atomic E-state index is 0.0202. The molecule has 1 aliphatic heterocycles. The Hall–Kier alpha value is -2.71. The maximum absolute atomic E-state index is 12.6. The van der Waals surface area contributed by atoms with Crippen LogP contribution in [0.15, 0.2) is 53.4 Å². The highest BCUT2D eigenvalue weighted by Gasteiger charge is 2.18. The number of amides is 1. The predicted molar refractivity (Wildman–Crippen MR) is 105 cm³/mol. The van der Waals surface area contributed by atoms with Crippen molar-refractivity contribution < 1.29 is 22.7 Å². The largest absolute Gasteiger partial charge is 0.378 e. The zero-order chi connectivity index (χ0) is 20.1. The van der Waals surface area contributed by atoms with E-state index in [0.29, 0.717) is 37.6 Å². The van der Waals surface area contributed by atoms with Gasteiger partial charge in [-0.3, -0.25) is 14.3 Å².